The Labute approximate surface area is 180 Å². The summed E-state index contributed by atoms with van der Waals surface area (Å²) in [4.78, 5) is 12.9. The smallest absolute Gasteiger partial charge is 0.241 e. The third-order valence-corrected chi connectivity index (χ3v) is 6.22. The minimum atomic E-state index is -3.63. The second-order valence-corrected chi connectivity index (χ2v) is 9.92. The highest BCUT2D eigenvalue weighted by Gasteiger charge is 2.25. The van der Waals surface area contributed by atoms with Gasteiger partial charge < -0.3 is 10.1 Å². The van der Waals surface area contributed by atoms with Crippen molar-refractivity contribution in [1.29, 1.82) is 0 Å². The maximum absolute atomic E-state index is 12.9. The molecule has 0 fully saturated rings. The molecule has 1 amide bonds. The number of benzene rings is 2. The molecule has 30 heavy (non-hydrogen) atoms. The van der Waals surface area contributed by atoms with Crippen LogP contribution in [0, 0.1) is 19.8 Å². The van der Waals surface area contributed by atoms with Crippen molar-refractivity contribution in [3.8, 4) is 5.75 Å². The quantitative estimate of drug-likeness (QED) is 0.650. The molecule has 0 aliphatic rings. The van der Waals surface area contributed by atoms with E-state index in [2.05, 4.69) is 19.2 Å². The number of carbonyl (C=O) groups is 1. The van der Waals surface area contributed by atoms with Gasteiger partial charge in [-0.2, -0.15) is 0 Å². The number of nitrogens with zero attached hydrogens (tertiary/aromatic N) is 1. The number of amides is 1. The summed E-state index contributed by atoms with van der Waals surface area (Å²) in [5, 5.41) is 3.02. The fourth-order valence-electron chi connectivity index (χ4n) is 3.34. The Morgan fingerprint density at radius 2 is 1.73 bits per heavy atom. The normalized spacial score (nSPS) is 12.5. The summed E-state index contributed by atoms with van der Waals surface area (Å²) in [6.45, 7) is 7.68. The molecule has 0 unspecified atom stereocenters. The number of carbonyl (C=O) groups excluding carboxylic acids is 1. The largest absolute Gasteiger partial charge is 0.497 e. The fraction of sp³-hybridized carbons (Fsp3) is 0.435. The third kappa shape index (κ3) is 6.23. The van der Waals surface area contributed by atoms with E-state index in [0.29, 0.717) is 11.6 Å². The average Bonchev–Trinajstić information content (AvgIpc) is 2.67. The first-order chi connectivity index (χ1) is 14.0. The zero-order valence-electron chi connectivity index (χ0n) is 18.6. The highest BCUT2D eigenvalue weighted by Crippen LogP contribution is 2.26. The zero-order valence-corrected chi connectivity index (χ0v) is 19.4. The van der Waals surface area contributed by atoms with Gasteiger partial charge in [0.1, 0.15) is 12.3 Å². The molecule has 2 aromatic carbocycles. The molecule has 0 saturated heterocycles. The highest BCUT2D eigenvalue weighted by molar-refractivity contribution is 7.92. The number of hydrogen-bond donors (Lipinski definition) is 1. The summed E-state index contributed by atoms with van der Waals surface area (Å²) >= 11 is 0. The minimum Gasteiger partial charge on any atom is -0.497 e. The predicted octanol–water partition coefficient (Wildman–Crippen LogP) is 3.98. The molecule has 0 heterocycles. The molecule has 0 aromatic heterocycles. The van der Waals surface area contributed by atoms with Crippen LogP contribution in [0.25, 0.3) is 0 Å². The van der Waals surface area contributed by atoms with Gasteiger partial charge in [0.15, 0.2) is 0 Å². The molecule has 2 aromatic rings. The van der Waals surface area contributed by atoms with Gasteiger partial charge in [-0.25, -0.2) is 8.42 Å². The predicted molar refractivity (Wildman–Crippen MR) is 121 cm³/mol. The number of nitrogens with one attached hydrogen (secondary N) is 1. The third-order valence-electron chi connectivity index (χ3n) is 5.09. The molecule has 0 aliphatic carbocycles. The van der Waals surface area contributed by atoms with Crippen molar-refractivity contribution in [2.24, 2.45) is 5.92 Å². The second kappa shape index (κ2) is 9.98. The van der Waals surface area contributed by atoms with Gasteiger partial charge in [0, 0.05) is 0 Å². The van der Waals surface area contributed by atoms with Crippen molar-refractivity contribution < 1.29 is 17.9 Å². The molecular weight excluding hydrogens is 400 g/mol. The first-order valence-electron chi connectivity index (χ1n) is 10.00. The van der Waals surface area contributed by atoms with E-state index in [1.165, 1.54) is 4.31 Å². The number of aryl methyl sites for hydroxylation is 1. The molecular formula is C23H32N2O4S. The van der Waals surface area contributed by atoms with Crippen molar-refractivity contribution in [3.63, 3.8) is 0 Å². The van der Waals surface area contributed by atoms with Crippen molar-refractivity contribution in [1.82, 2.24) is 5.32 Å². The molecule has 0 saturated carbocycles. The standard InChI is InChI=1S/C23H32N2O4S/c1-16(2)14-21(19-10-12-20(29-5)13-11-19)24-23(26)15-25(30(6,27)28)22-9-7-8-17(3)18(22)4/h7-13,16,21H,14-15H2,1-6H3,(H,24,26)/t21-/m0/s1. The number of methoxy groups -OCH3 is 1. The molecule has 1 N–H and O–H groups in total. The van der Waals surface area contributed by atoms with Crippen LogP contribution in [0.2, 0.25) is 0 Å². The minimum absolute atomic E-state index is 0.219. The van der Waals surface area contributed by atoms with Crippen LogP contribution in [0.15, 0.2) is 42.5 Å². The summed E-state index contributed by atoms with van der Waals surface area (Å²) in [6.07, 6.45) is 1.86. The van der Waals surface area contributed by atoms with E-state index < -0.39 is 10.0 Å². The zero-order chi connectivity index (χ0) is 22.5. The van der Waals surface area contributed by atoms with Crippen LogP contribution in [-0.4, -0.2) is 34.2 Å². The Morgan fingerprint density at radius 3 is 2.27 bits per heavy atom. The van der Waals surface area contributed by atoms with E-state index in [-0.39, 0.29) is 18.5 Å². The van der Waals surface area contributed by atoms with Crippen molar-refractivity contribution in [2.75, 3.05) is 24.2 Å². The van der Waals surface area contributed by atoms with E-state index >= 15 is 0 Å². The molecule has 164 valence electrons. The first-order valence-corrected chi connectivity index (χ1v) is 11.8. The molecule has 2 rings (SSSR count). The topological polar surface area (TPSA) is 75.7 Å². The second-order valence-electron chi connectivity index (χ2n) is 8.01. The summed E-state index contributed by atoms with van der Waals surface area (Å²) in [6, 6.07) is 12.8. The first kappa shape index (κ1) is 23.7. The molecule has 1 atom stereocenters. The Balaban J connectivity index is 2.27. The average molecular weight is 433 g/mol. The van der Waals surface area contributed by atoms with E-state index in [1.807, 2.05) is 44.2 Å². The Hall–Kier alpha value is -2.54. The van der Waals surface area contributed by atoms with Crippen LogP contribution in [0.4, 0.5) is 5.69 Å². The van der Waals surface area contributed by atoms with Gasteiger partial charge in [-0.05, 0) is 61.1 Å². The number of ether oxygens (including phenoxy) is 1. The molecule has 7 heteroatoms. The SMILES string of the molecule is COc1ccc([C@H](CC(C)C)NC(=O)CN(c2cccc(C)c2C)S(C)(=O)=O)cc1. The van der Waals surface area contributed by atoms with Gasteiger partial charge in [-0.15, -0.1) is 0 Å². The lowest BCUT2D eigenvalue weighted by Gasteiger charge is -2.27. The van der Waals surface area contributed by atoms with Crippen LogP contribution >= 0.6 is 0 Å². The summed E-state index contributed by atoms with van der Waals surface area (Å²) < 4.78 is 31.3. The molecule has 0 spiro atoms. The number of sulfonamides is 1. The lowest BCUT2D eigenvalue weighted by atomic mass is 9.97. The van der Waals surface area contributed by atoms with Crippen LogP contribution < -0.4 is 14.4 Å². The Bertz CT molecular complexity index is 969. The van der Waals surface area contributed by atoms with Gasteiger partial charge in [0.25, 0.3) is 0 Å². The number of rotatable bonds is 9. The lowest BCUT2D eigenvalue weighted by molar-refractivity contribution is -0.120. The fourth-order valence-corrected chi connectivity index (χ4v) is 4.25. The van der Waals surface area contributed by atoms with Gasteiger partial charge >= 0.3 is 0 Å². The molecule has 0 aliphatic heterocycles. The van der Waals surface area contributed by atoms with Gasteiger partial charge in [0.05, 0.1) is 25.1 Å². The highest BCUT2D eigenvalue weighted by atomic mass is 32.2. The van der Waals surface area contributed by atoms with Crippen molar-refractivity contribution in [2.45, 2.75) is 40.2 Å². The van der Waals surface area contributed by atoms with Gasteiger partial charge in [0.2, 0.25) is 15.9 Å². The van der Waals surface area contributed by atoms with E-state index in [1.54, 1.807) is 19.2 Å². The monoisotopic (exact) mass is 432 g/mol. The van der Waals surface area contributed by atoms with Gasteiger partial charge in [-0.3, -0.25) is 9.10 Å². The number of anilines is 1. The molecule has 0 bridgehead atoms. The van der Waals surface area contributed by atoms with Crippen LogP contribution in [0.5, 0.6) is 5.75 Å². The maximum atomic E-state index is 12.9. The number of hydrogen-bond acceptors (Lipinski definition) is 4. The van der Waals surface area contributed by atoms with Crippen LogP contribution in [0.3, 0.4) is 0 Å². The van der Waals surface area contributed by atoms with Gasteiger partial charge in [-0.1, -0.05) is 38.1 Å². The van der Waals surface area contributed by atoms with Crippen LogP contribution in [-0.2, 0) is 14.8 Å². The van der Waals surface area contributed by atoms with E-state index in [4.69, 9.17) is 4.74 Å². The summed E-state index contributed by atoms with van der Waals surface area (Å²) in [5.74, 6) is 0.747. The van der Waals surface area contributed by atoms with Crippen LogP contribution in [0.1, 0.15) is 43.0 Å². The summed E-state index contributed by atoms with van der Waals surface area (Å²) in [5.41, 5.74) is 3.29. The summed E-state index contributed by atoms with van der Waals surface area (Å²) in [7, 11) is -2.02. The van der Waals surface area contributed by atoms with E-state index in [0.717, 1.165) is 35.1 Å². The van der Waals surface area contributed by atoms with Crippen molar-refractivity contribution in [3.05, 3.63) is 59.2 Å². The van der Waals surface area contributed by atoms with E-state index in [9.17, 15) is 13.2 Å². The Kier molecular flexibility index (Phi) is 7.89. The van der Waals surface area contributed by atoms with Crippen molar-refractivity contribution >= 4 is 21.6 Å². The lowest BCUT2D eigenvalue weighted by Crippen LogP contribution is -2.42. The maximum Gasteiger partial charge on any atom is 0.241 e. The Morgan fingerprint density at radius 1 is 1.10 bits per heavy atom. The molecule has 0 radical (unpaired) electrons. The molecule has 6 nitrogen and oxygen atoms in total.